The molecule has 0 unspecified atom stereocenters. The third kappa shape index (κ3) is 5.26. The van der Waals surface area contributed by atoms with Crippen molar-refractivity contribution in [3.05, 3.63) is 77.5 Å². The summed E-state index contributed by atoms with van der Waals surface area (Å²) in [6.07, 6.45) is 0.715. The third-order valence-electron chi connectivity index (χ3n) is 6.86. The molecule has 9 heteroatoms. The third-order valence-corrected chi connectivity index (χ3v) is 6.86. The number of rotatable bonds is 4. The fourth-order valence-electron chi connectivity index (χ4n) is 5.35. The summed E-state index contributed by atoms with van der Waals surface area (Å²) in [4.78, 5) is 16.4. The Balaban J connectivity index is 0.000000514. The Morgan fingerprint density at radius 3 is 2.41 bits per heavy atom. The number of hydrogen-bond donors (Lipinski definition) is 1. The first-order valence-corrected chi connectivity index (χ1v) is 14.1. The van der Waals surface area contributed by atoms with E-state index in [-0.39, 0.29) is 11.8 Å². The average molecular weight is 523 g/mol. The highest BCUT2D eigenvalue weighted by atomic mass is 32.2. The molecule has 1 atom stereocenters. The topological polar surface area (TPSA) is 98.1 Å². The van der Waals surface area contributed by atoms with Gasteiger partial charge in [0.25, 0.3) is 10.1 Å². The van der Waals surface area contributed by atoms with Crippen molar-refractivity contribution in [3.63, 3.8) is 0 Å². The first-order chi connectivity index (χ1) is 17.7. The molecule has 8 nitrogen and oxygen atoms in total. The first-order valence-electron chi connectivity index (χ1n) is 12.2. The molecule has 0 saturated carbocycles. The van der Waals surface area contributed by atoms with Crippen molar-refractivity contribution in [1.82, 2.24) is 9.47 Å². The quantitative estimate of drug-likeness (QED) is 0.318. The van der Waals surface area contributed by atoms with Crippen LogP contribution in [-0.2, 0) is 14.9 Å². The molecule has 0 aliphatic carbocycles. The Morgan fingerprint density at radius 2 is 1.65 bits per heavy atom. The Labute approximate surface area is 216 Å². The molecule has 0 spiro atoms. The lowest BCUT2D eigenvalue weighted by Crippen LogP contribution is -2.42. The zero-order chi connectivity index (χ0) is 26.2. The molecule has 1 N–H and O–H groups in total. The summed E-state index contributed by atoms with van der Waals surface area (Å²) in [7, 11) is -3.67. The molecule has 2 aliphatic rings. The first kappa shape index (κ1) is 25.4. The molecule has 0 bridgehead atoms. The van der Waals surface area contributed by atoms with Crippen LogP contribution in [0.1, 0.15) is 27.7 Å². The van der Waals surface area contributed by atoms with E-state index in [4.69, 9.17) is 14.0 Å². The van der Waals surface area contributed by atoms with Gasteiger partial charge in [-0.2, -0.15) is 8.42 Å². The van der Waals surface area contributed by atoms with Crippen LogP contribution in [0.2, 0.25) is 0 Å². The molecule has 2 aliphatic heterocycles. The van der Waals surface area contributed by atoms with Crippen LogP contribution in [0.3, 0.4) is 0 Å². The minimum Gasteiger partial charge on any atom is -0.489 e. The van der Waals surface area contributed by atoms with Crippen molar-refractivity contribution in [1.29, 1.82) is 0 Å². The van der Waals surface area contributed by atoms with Crippen LogP contribution >= 0.6 is 0 Å². The Bertz CT molecular complexity index is 1560. The van der Waals surface area contributed by atoms with Crippen molar-refractivity contribution >= 4 is 37.6 Å². The highest BCUT2D eigenvalue weighted by molar-refractivity contribution is 7.85. The summed E-state index contributed by atoms with van der Waals surface area (Å²) in [6.45, 7) is 7.00. The van der Waals surface area contributed by atoms with Crippen molar-refractivity contribution in [2.24, 2.45) is 0 Å². The van der Waals surface area contributed by atoms with Crippen LogP contribution in [0, 0.1) is 6.92 Å². The molecule has 37 heavy (non-hydrogen) atoms. The molecule has 1 saturated heterocycles. The number of fused-ring (bicyclic) bond motifs is 1. The SMILES string of the molecule is CS(=O)(=O)O.Cc1c(C(=O)c2cccc3ccccc23)c2cccc3c2n1[C@@H](CN1CCOCC1)CO3. The van der Waals surface area contributed by atoms with Crippen LogP contribution in [0.4, 0.5) is 0 Å². The summed E-state index contributed by atoms with van der Waals surface area (Å²) in [5.74, 6) is 0.938. The van der Waals surface area contributed by atoms with Gasteiger partial charge in [-0.1, -0.05) is 54.6 Å². The van der Waals surface area contributed by atoms with E-state index in [0.29, 0.717) is 12.9 Å². The van der Waals surface area contributed by atoms with Gasteiger partial charge in [-0.25, -0.2) is 0 Å². The second kappa shape index (κ2) is 10.3. The lowest BCUT2D eigenvalue weighted by Gasteiger charge is -2.34. The lowest BCUT2D eigenvalue weighted by atomic mass is 9.95. The maximum Gasteiger partial charge on any atom is 0.261 e. The summed E-state index contributed by atoms with van der Waals surface area (Å²) >= 11 is 0. The zero-order valence-electron chi connectivity index (χ0n) is 20.9. The normalized spacial score (nSPS) is 17.8. The maximum absolute atomic E-state index is 14.0. The molecular formula is C28H30N2O6S. The van der Waals surface area contributed by atoms with Gasteiger partial charge in [-0.15, -0.1) is 0 Å². The minimum absolute atomic E-state index is 0.0761. The molecule has 0 radical (unpaired) electrons. The van der Waals surface area contributed by atoms with Crippen LogP contribution in [-0.4, -0.2) is 73.9 Å². The maximum atomic E-state index is 14.0. The van der Waals surface area contributed by atoms with Crippen molar-refractivity contribution in [3.8, 4) is 5.75 Å². The number of aromatic nitrogens is 1. The number of nitrogens with zero attached hydrogens (tertiary/aromatic N) is 2. The standard InChI is InChI=1S/C27H26N2O3.CH4O3S/c1-18-25(27(30)22-9-4-7-19-6-2-3-8-21(19)22)23-10-5-11-24-26(23)29(18)20(17-32-24)16-28-12-14-31-15-13-28;1-5(2,3)4/h2-11,20H,12-17H2,1H3;1H3,(H,2,3,4)/t20-;/m0./s1. The summed E-state index contributed by atoms with van der Waals surface area (Å²) in [5.41, 5.74) is 3.60. The number of benzene rings is 3. The van der Waals surface area contributed by atoms with Gasteiger partial charge in [-0.05, 0) is 23.8 Å². The number of ether oxygens (including phenoxy) is 2. The highest BCUT2D eigenvalue weighted by Gasteiger charge is 2.31. The Hall–Kier alpha value is -3.24. The molecule has 4 aromatic rings. The van der Waals surface area contributed by atoms with Crippen molar-refractivity contribution in [2.45, 2.75) is 13.0 Å². The molecule has 6 rings (SSSR count). The van der Waals surface area contributed by atoms with Gasteiger partial charge < -0.3 is 14.0 Å². The molecule has 1 fully saturated rings. The van der Waals surface area contributed by atoms with Crippen LogP contribution in [0.25, 0.3) is 21.7 Å². The van der Waals surface area contributed by atoms with Gasteiger partial charge in [0.2, 0.25) is 0 Å². The molecular weight excluding hydrogens is 492 g/mol. The second-order valence-corrected chi connectivity index (χ2v) is 10.9. The monoisotopic (exact) mass is 522 g/mol. The van der Waals surface area contributed by atoms with Crippen molar-refractivity contribution in [2.75, 3.05) is 45.7 Å². The van der Waals surface area contributed by atoms with E-state index < -0.39 is 10.1 Å². The van der Waals surface area contributed by atoms with Crippen molar-refractivity contribution < 1.29 is 27.2 Å². The smallest absolute Gasteiger partial charge is 0.261 e. The van der Waals surface area contributed by atoms with E-state index in [1.807, 2.05) is 42.5 Å². The van der Waals surface area contributed by atoms with Gasteiger partial charge >= 0.3 is 0 Å². The molecule has 3 heterocycles. The van der Waals surface area contributed by atoms with Gasteiger partial charge in [0.1, 0.15) is 12.4 Å². The molecule has 1 aromatic heterocycles. The van der Waals surface area contributed by atoms with Gasteiger partial charge in [0.15, 0.2) is 5.78 Å². The fourth-order valence-corrected chi connectivity index (χ4v) is 5.35. The number of para-hydroxylation sites is 1. The van der Waals surface area contributed by atoms with E-state index in [0.717, 1.165) is 77.1 Å². The van der Waals surface area contributed by atoms with E-state index in [9.17, 15) is 13.2 Å². The van der Waals surface area contributed by atoms with Crippen LogP contribution in [0.5, 0.6) is 5.75 Å². The van der Waals surface area contributed by atoms with E-state index >= 15 is 0 Å². The second-order valence-electron chi connectivity index (χ2n) is 9.45. The van der Waals surface area contributed by atoms with Gasteiger partial charge in [-0.3, -0.25) is 14.2 Å². The highest BCUT2D eigenvalue weighted by Crippen LogP contribution is 2.40. The summed E-state index contributed by atoms with van der Waals surface area (Å²) < 4.78 is 39.9. The number of carbonyl (C=O) groups is 1. The number of hydrogen-bond acceptors (Lipinski definition) is 6. The molecule has 3 aromatic carbocycles. The number of ketones is 1. The number of carbonyl (C=O) groups excluding carboxylic acids is 1. The largest absolute Gasteiger partial charge is 0.489 e. The average Bonchev–Trinajstić information content (AvgIpc) is 3.18. The minimum atomic E-state index is -3.67. The van der Waals surface area contributed by atoms with Crippen LogP contribution in [0.15, 0.2) is 60.7 Å². The lowest BCUT2D eigenvalue weighted by molar-refractivity contribution is 0.0272. The number of morpholine rings is 1. The van der Waals surface area contributed by atoms with Gasteiger partial charge in [0.05, 0.1) is 36.6 Å². The molecule has 194 valence electrons. The van der Waals surface area contributed by atoms with E-state index in [2.05, 4.69) is 34.6 Å². The molecule has 0 amide bonds. The predicted molar refractivity (Wildman–Crippen MR) is 143 cm³/mol. The van der Waals surface area contributed by atoms with E-state index in [1.54, 1.807) is 0 Å². The Morgan fingerprint density at radius 1 is 1.00 bits per heavy atom. The predicted octanol–water partition coefficient (Wildman–Crippen LogP) is 4.10. The summed E-state index contributed by atoms with van der Waals surface area (Å²) in [6, 6.07) is 20.3. The fraction of sp³-hybridized carbons (Fsp3) is 0.321. The Kier molecular flexibility index (Phi) is 7.04. The van der Waals surface area contributed by atoms with Gasteiger partial charge in [0, 0.05) is 36.3 Å². The zero-order valence-corrected chi connectivity index (χ0v) is 21.7. The van der Waals surface area contributed by atoms with E-state index in [1.165, 1.54) is 0 Å². The summed E-state index contributed by atoms with van der Waals surface area (Å²) in [5, 5.41) is 3.05. The van der Waals surface area contributed by atoms with Crippen LogP contribution < -0.4 is 4.74 Å².